The molecule has 8 nitrogen and oxygen atoms in total. The molecule has 0 unspecified atom stereocenters. The van der Waals surface area contributed by atoms with Crippen molar-refractivity contribution in [2.75, 3.05) is 0 Å². The van der Waals surface area contributed by atoms with Crippen LogP contribution in [0, 0.1) is 0 Å². The molecule has 0 saturated carbocycles. The molecule has 0 bridgehead atoms. The van der Waals surface area contributed by atoms with Gasteiger partial charge in [0.25, 0.3) is 0 Å². The first-order valence-electron chi connectivity index (χ1n) is 18.7. The van der Waals surface area contributed by atoms with E-state index in [1.54, 1.807) is 12.7 Å². The number of pyridine rings is 2. The predicted octanol–water partition coefficient (Wildman–Crippen LogP) is 9.12. The van der Waals surface area contributed by atoms with Gasteiger partial charge >= 0.3 is 0 Å². The summed E-state index contributed by atoms with van der Waals surface area (Å²) < 4.78 is 4.88. The van der Waals surface area contributed by atoms with Crippen LogP contribution in [-0.4, -0.2) is 39.0 Å². The van der Waals surface area contributed by atoms with Crippen LogP contribution in [0.2, 0.25) is 0 Å². The van der Waals surface area contributed by atoms with Gasteiger partial charge in [-0.25, -0.2) is 29.9 Å². The quantitative estimate of drug-likeness (QED) is 0.183. The Morgan fingerprint density at radius 1 is 0.500 bits per heavy atom. The molecule has 0 atom stereocenters. The van der Waals surface area contributed by atoms with E-state index in [0.29, 0.717) is 0 Å². The normalized spacial score (nSPS) is 14.3. The summed E-state index contributed by atoms with van der Waals surface area (Å²) in [6.07, 6.45) is 22.8. The number of allylic oxidation sites excluding steroid dienone is 1. The van der Waals surface area contributed by atoms with Crippen LogP contribution < -0.4 is 0 Å². The van der Waals surface area contributed by atoms with Crippen LogP contribution in [0.4, 0.5) is 0 Å². The maximum Gasteiger partial charge on any atom is 0.137 e. The van der Waals surface area contributed by atoms with Crippen molar-refractivity contribution in [3.63, 3.8) is 0 Å². The summed E-state index contributed by atoms with van der Waals surface area (Å²) in [7, 11) is 0. The van der Waals surface area contributed by atoms with E-state index in [2.05, 4.69) is 89.7 Å². The zero-order valence-corrected chi connectivity index (χ0v) is 29.4. The smallest absolute Gasteiger partial charge is 0.137 e. The lowest BCUT2D eigenvalue weighted by atomic mass is 9.73. The fraction of sp³-hybridized carbons (Fsp3) is 0.130. The van der Waals surface area contributed by atoms with E-state index in [1.165, 1.54) is 77.4 Å². The monoisotopic (exact) mass is 696 g/mol. The van der Waals surface area contributed by atoms with Gasteiger partial charge in [-0.3, -0.25) is 9.13 Å². The van der Waals surface area contributed by atoms with Crippen molar-refractivity contribution in [1.29, 1.82) is 0 Å². The Morgan fingerprint density at radius 2 is 1.13 bits per heavy atom. The summed E-state index contributed by atoms with van der Waals surface area (Å²) in [6, 6.07) is 24.2. The molecule has 0 N–H and O–H groups in total. The number of nitrogens with zero attached hydrogens (tertiary/aromatic N) is 8. The third kappa shape index (κ3) is 4.19. The Morgan fingerprint density at radius 3 is 1.80 bits per heavy atom. The van der Waals surface area contributed by atoms with Crippen molar-refractivity contribution in [3.8, 4) is 33.9 Å². The Kier molecular flexibility index (Phi) is 6.25. The lowest BCUT2D eigenvalue weighted by Gasteiger charge is -2.31. The second-order valence-electron chi connectivity index (χ2n) is 14.6. The number of aromatic nitrogens is 8. The van der Waals surface area contributed by atoms with Crippen molar-refractivity contribution in [2.24, 2.45) is 0 Å². The number of hydrogen-bond acceptors (Lipinski definition) is 6. The molecule has 8 heteroatoms. The lowest BCUT2D eigenvalue weighted by Crippen LogP contribution is -2.16. The van der Waals surface area contributed by atoms with Crippen molar-refractivity contribution in [1.82, 2.24) is 39.0 Å². The van der Waals surface area contributed by atoms with E-state index in [1.807, 2.05) is 49.3 Å². The van der Waals surface area contributed by atoms with Gasteiger partial charge in [0.05, 0.1) is 16.6 Å². The maximum absolute atomic E-state index is 4.95. The van der Waals surface area contributed by atoms with Gasteiger partial charge < -0.3 is 0 Å². The SMILES string of the molecule is C1=C(c2cncnc2)CCc2c1c1cc3c4c(c1n2-c1ccccn1)CCc1c-4c(cc2c4cc(-c5cncnc5)ccc4n(-c4ccccn4)c12)CC3. The van der Waals surface area contributed by atoms with E-state index in [4.69, 9.17) is 9.97 Å². The van der Waals surface area contributed by atoms with E-state index in [-0.39, 0.29) is 0 Å². The third-order valence-electron chi connectivity index (χ3n) is 11.9. The highest BCUT2D eigenvalue weighted by atomic mass is 15.1. The molecule has 0 aliphatic heterocycles. The second-order valence-corrected chi connectivity index (χ2v) is 14.6. The van der Waals surface area contributed by atoms with Gasteiger partial charge in [-0.05, 0) is 138 Å². The minimum Gasteiger partial charge on any atom is -0.297 e. The van der Waals surface area contributed by atoms with Crippen LogP contribution in [0.5, 0.6) is 0 Å². The van der Waals surface area contributed by atoms with Crippen LogP contribution in [-0.2, 0) is 32.1 Å². The lowest BCUT2D eigenvalue weighted by molar-refractivity contribution is 0.859. The molecule has 0 saturated heterocycles. The molecular formula is C46H32N8. The van der Waals surface area contributed by atoms with Gasteiger partial charge in [0.2, 0.25) is 0 Å². The molecule has 0 radical (unpaired) electrons. The van der Waals surface area contributed by atoms with Crippen LogP contribution in [0.25, 0.3) is 78.2 Å². The standard InChI is InChI=1S/C46H32N8/c1-3-15-51-41(5-1)53-39-13-9-27(31-21-47-25-48-22-31)17-35(39)37-19-29-7-8-30-20-38-36-18-28(32-23-49-26-50-24-32)10-14-40(36)54(42-6-2-4-16-52-42)46(38)34-12-11-33(45(37)53)43(29)44(30)34/h1-6,9,13,15-26H,7-8,10-12,14H2. The molecule has 256 valence electrons. The first-order valence-corrected chi connectivity index (χ1v) is 18.7. The highest BCUT2D eigenvalue weighted by Gasteiger charge is 2.34. The highest BCUT2D eigenvalue weighted by molar-refractivity contribution is 6.14. The Balaban J connectivity index is 1.16. The third-order valence-corrected chi connectivity index (χ3v) is 11.9. The fourth-order valence-electron chi connectivity index (χ4n) is 9.69. The molecule has 12 rings (SSSR count). The Bertz CT molecular complexity index is 3020. The van der Waals surface area contributed by atoms with Crippen molar-refractivity contribution < 1.29 is 0 Å². The largest absolute Gasteiger partial charge is 0.297 e. The van der Waals surface area contributed by atoms with Crippen molar-refractivity contribution in [3.05, 3.63) is 156 Å². The molecule has 3 aliphatic rings. The summed E-state index contributed by atoms with van der Waals surface area (Å²) in [4.78, 5) is 27.2. The summed E-state index contributed by atoms with van der Waals surface area (Å²) >= 11 is 0. The van der Waals surface area contributed by atoms with Crippen molar-refractivity contribution in [2.45, 2.75) is 38.5 Å². The van der Waals surface area contributed by atoms with E-state index in [0.717, 1.165) is 72.4 Å². The number of rotatable bonds is 4. The van der Waals surface area contributed by atoms with Crippen LogP contribution in [0.3, 0.4) is 0 Å². The molecule has 9 aromatic rings. The Labute approximate surface area is 310 Å². The van der Waals surface area contributed by atoms with Gasteiger partial charge in [0, 0.05) is 75.7 Å². The minimum absolute atomic E-state index is 0.926. The van der Waals surface area contributed by atoms with Crippen LogP contribution >= 0.6 is 0 Å². The van der Waals surface area contributed by atoms with Crippen LogP contribution in [0.15, 0.2) is 117 Å². The molecule has 3 aliphatic carbocycles. The minimum atomic E-state index is 0.926. The molecular weight excluding hydrogens is 665 g/mol. The second kappa shape index (κ2) is 11.3. The zero-order chi connectivity index (χ0) is 35.3. The molecule has 6 heterocycles. The first kappa shape index (κ1) is 29.7. The maximum atomic E-state index is 4.95. The fourth-order valence-corrected chi connectivity index (χ4v) is 9.69. The molecule has 54 heavy (non-hydrogen) atoms. The summed E-state index contributed by atoms with van der Waals surface area (Å²) in [6.45, 7) is 0. The average molecular weight is 697 g/mol. The molecule has 6 aromatic heterocycles. The van der Waals surface area contributed by atoms with E-state index >= 15 is 0 Å². The predicted molar refractivity (Wildman–Crippen MR) is 213 cm³/mol. The summed E-state index contributed by atoms with van der Waals surface area (Å²) in [5, 5.41) is 3.84. The topological polar surface area (TPSA) is 87.2 Å². The summed E-state index contributed by atoms with van der Waals surface area (Å²) in [5.41, 5.74) is 19.5. The highest BCUT2D eigenvalue weighted by Crippen LogP contribution is 2.51. The van der Waals surface area contributed by atoms with Gasteiger partial charge in [0.1, 0.15) is 24.3 Å². The molecule has 0 fully saturated rings. The first-order chi connectivity index (χ1) is 26.8. The van der Waals surface area contributed by atoms with Gasteiger partial charge in [-0.15, -0.1) is 0 Å². The number of fused-ring (bicyclic) bond motifs is 8. The molecule has 0 spiro atoms. The number of aryl methyl sites for hydroxylation is 4. The van der Waals surface area contributed by atoms with Crippen LogP contribution in [0.1, 0.15) is 45.5 Å². The number of hydrogen-bond donors (Lipinski definition) is 0. The molecule has 0 amide bonds. The zero-order valence-electron chi connectivity index (χ0n) is 29.4. The molecule has 3 aromatic carbocycles. The number of benzene rings is 3. The van der Waals surface area contributed by atoms with Crippen molar-refractivity contribution >= 4 is 44.4 Å². The van der Waals surface area contributed by atoms with Gasteiger partial charge in [-0.2, -0.15) is 0 Å². The Hall–Kier alpha value is -6.80. The van der Waals surface area contributed by atoms with Gasteiger partial charge in [0.15, 0.2) is 0 Å². The van der Waals surface area contributed by atoms with E-state index in [9.17, 15) is 0 Å². The average Bonchev–Trinajstić information content (AvgIpc) is 3.76. The summed E-state index contributed by atoms with van der Waals surface area (Å²) in [5.74, 6) is 1.91. The van der Waals surface area contributed by atoms with E-state index < -0.39 is 0 Å². The van der Waals surface area contributed by atoms with Gasteiger partial charge in [-0.1, -0.05) is 18.2 Å².